The van der Waals surface area contributed by atoms with Crippen LogP contribution in [0.4, 0.5) is 4.39 Å². The van der Waals surface area contributed by atoms with E-state index in [4.69, 9.17) is 0 Å². The van der Waals surface area contributed by atoms with Crippen molar-refractivity contribution in [1.82, 2.24) is 9.80 Å². The van der Waals surface area contributed by atoms with E-state index in [1.54, 1.807) is 23.1 Å². The maximum Gasteiger partial charge on any atom is 0.244 e. The van der Waals surface area contributed by atoms with Crippen LogP contribution in [0.3, 0.4) is 0 Å². The molecule has 2 aromatic rings. The van der Waals surface area contributed by atoms with E-state index in [0.717, 1.165) is 17.7 Å². The quantitative estimate of drug-likeness (QED) is 0.768. The number of benzene rings is 2. The highest BCUT2D eigenvalue weighted by Crippen LogP contribution is 2.23. The zero-order valence-electron chi connectivity index (χ0n) is 15.3. The molecule has 0 spiro atoms. The van der Waals surface area contributed by atoms with Gasteiger partial charge in [-0.3, -0.25) is 9.69 Å². The highest BCUT2D eigenvalue weighted by molar-refractivity contribution is 5.85. The summed E-state index contributed by atoms with van der Waals surface area (Å²) in [6.07, 6.45) is 1.96. The molecule has 0 radical (unpaired) electrons. The molecule has 2 aromatic carbocycles. The Bertz CT molecular complexity index is 970. The Hall–Kier alpha value is -2.90. The summed E-state index contributed by atoms with van der Waals surface area (Å²) in [5, 5.41) is 0. The lowest BCUT2D eigenvalue weighted by Gasteiger charge is -2.36. The number of hydrogen-bond acceptors (Lipinski definition) is 2. The molecule has 4 heteroatoms. The average molecular weight is 360 g/mol. The first-order valence-corrected chi connectivity index (χ1v) is 9.16. The largest absolute Gasteiger partial charge is 0.335 e. The topological polar surface area (TPSA) is 23.6 Å². The molecule has 4 rings (SSSR count). The minimum absolute atomic E-state index is 0.0249. The van der Waals surface area contributed by atoms with Gasteiger partial charge in [0, 0.05) is 42.9 Å². The lowest BCUT2D eigenvalue weighted by Crippen LogP contribution is -2.54. The third kappa shape index (κ3) is 3.79. The number of nitrogens with zero attached hydrogens (tertiary/aromatic N) is 2. The molecule has 0 N–H and O–H groups in total. The molecule has 0 saturated carbocycles. The molecule has 2 heterocycles. The molecule has 0 aromatic heterocycles. The van der Waals surface area contributed by atoms with Gasteiger partial charge in [-0.1, -0.05) is 42.2 Å². The minimum atomic E-state index is -0.285. The standard InChI is InChI=1S/C23H21FN2O/c1-17-5-4-6-18(13-17)9-10-19-14-22-23(27)26(12-11-25(22)15-19)16-20-7-2-3-8-21(20)24/h2-8,13-14,22H,11-12,15-16H2,1H3. The van der Waals surface area contributed by atoms with Gasteiger partial charge in [0.1, 0.15) is 11.9 Å². The maximum absolute atomic E-state index is 13.9. The Balaban J connectivity index is 1.48. The first kappa shape index (κ1) is 17.5. The molecular formula is C23H21FN2O. The fraction of sp³-hybridized carbons (Fsp3) is 0.261. The lowest BCUT2D eigenvalue weighted by molar-refractivity contribution is -0.139. The minimum Gasteiger partial charge on any atom is -0.335 e. The molecule has 3 nitrogen and oxygen atoms in total. The molecule has 1 saturated heterocycles. The van der Waals surface area contributed by atoms with Crippen molar-refractivity contribution >= 4 is 5.91 Å². The number of fused-ring (bicyclic) bond motifs is 1. The van der Waals surface area contributed by atoms with Crippen LogP contribution in [0.1, 0.15) is 16.7 Å². The molecule has 27 heavy (non-hydrogen) atoms. The van der Waals surface area contributed by atoms with Crippen molar-refractivity contribution in [2.75, 3.05) is 19.6 Å². The Morgan fingerprint density at radius 2 is 1.96 bits per heavy atom. The van der Waals surface area contributed by atoms with Crippen LogP contribution in [-0.4, -0.2) is 41.4 Å². The third-order valence-electron chi connectivity index (χ3n) is 5.05. The maximum atomic E-state index is 13.9. The number of amides is 1. The van der Waals surface area contributed by atoms with Gasteiger partial charge in [-0.05, 0) is 36.8 Å². The van der Waals surface area contributed by atoms with E-state index in [1.807, 2.05) is 31.2 Å². The van der Waals surface area contributed by atoms with E-state index in [9.17, 15) is 9.18 Å². The molecule has 2 aliphatic rings. The van der Waals surface area contributed by atoms with Gasteiger partial charge in [0.05, 0.1) is 0 Å². The van der Waals surface area contributed by atoms with Gasteiger partial charge in [0.25, 0.3) is 0 Å². The van der Waals surface area contributed by atoms with Crippen molar-refractivity contribution in [1.29, 1.82) is 0 Å². The summed E-state index contributed by atoms with van der Waals surface area (Å²) in [6, 6.07) is 14.4. The van der Waals surface area contributed by atoms with E-state index >= 15 is 0 Å². The van der Waals surface area contributed by atoms with Crippen molar-refractivity contribution in [3.8, 4) is 11.8 Å². The molecular weight excluding hydrogens is 339 g/mol. The Morgan fingerprint density at radius 1 is 1.11 bits per heavy atom. The predicted octanol–water partition coefficient (Wildman–Crippen LogP) is 3.14. The summed E-state index contributed by atoms with van der Waals surface area (Å²) in [7, 11) is 0. The van der Waals surface area contributed by atoms with Gasteiger partial charge in [0.2, 0.25) is 5.91 Å². The number of aryl methyl sites for hydroxylation is 1. The van der Waals surface area contributed by atoms with Gasteiger partial charge in [-0.15, -0.1) is 0 Å². The Labute approximate surface area is 159 Å². The molecule has 1 amide bonds. The fourth-order valence-electron chi connectivity index (χ4n) is 3.60. The molecule has 136 valence electrons. The van der Waals surface area contributed by atoms with Crippen LogP contribution < -0.4 is 0 Å². The lowest BCUT2D eigenvalue weighted by atomic mass is 10.1. The van der Waals surface area contributed by atoms with E-state index in [2.05, 4.69) is 22.8 Å². The summed E-state index contributed by atoms with van der Waals surface area (Å²) in [5.74, 6) is 6.17. The van der Waals surface area contributed by atoms with Crippen LogP contribution in [0.15, 0.2) is 60.2 Å². The van der Waals surface area contributed by atoms with Gasteiger partial charge < -0.3 is 4.90 Å². The fourth-order valence-corrected chi connectivity index (χ4v) is 3.60. The Morgan fingerprint density at radius 3 is 2.78 bits per heavy atom. The molecule has 1 fully saturated rings. The van der Waals surface area contributed by atoms with Gasteiger partial charge in [-0.25, -0.2) is 4.39 Å². The van der Waals surface area contributed by atoms with Crippen LogP contribution in [0.2, 0.25) is 0 Å². The van der Waals surface area contributed by atoms with Crippen LogP contribution >= 0.6 is 0 Å². The highest BCUT2D eigenvalue weighted by atomic mass is 19.1. The van der Waals surface area contributed by atoms with Crippen LogP contribution in [0.25, 0.3) is 0 Å². The zero-order chi connectivity index (χ0) is 18.8. The number of carbonyl (C=O) groups excluding carboxylic acids is 1. The number of halogens is 1. The van der Waals surface area contributed by atoms with Crippen molar-refractivity contribution in [2.24, 2.45) is 0 Å². The van der Waals surface area contributed by atoms with E-state index in [-0.39, 0.29) is 17.8 Å². The van der Waals surface area contributed by atoms with Gasteiger partial charge in [-0.2, -0.15) is 0 Å². The van der Waals surface area contributed by atoms with Gasteiger partial charge in [0.15, 0.2) is 0 Å². The summed E-state index contributed by atoms with van der Waals surface area (Å²) in [4.78, 5) is 16.7. The summed E-state index contributed by atoms with van der Waals surface area (Å²) in [5.41, 5.74) is 3.69. The van der Waals surface area contributed by atoms with Crippen molar-refractivity contribution in [3.05, 3.63) is 82.7 Å². The number of hydrogen-bond donors (Lipinski definition) is 0. The third-order valence-corrected chi connectivity index (χ3v) is 5.05. The highest BCUT2D eigenvalue weighted by Gasteiger charge is 2.37. The molecule has 1 unspecified atom stereocenters. The van der Waals surface area contributed by atoms with E-state index < -0.39 is 0 Å². The van der Waals surface area contributed by atoms with Crippen LogP contribution in [-0.2, 0) is 11.3 Å². The Kier molecular flexibility index (Phi) is 4.79. The van der Waals surface area contributed by atoms with E-state index in [1.165, 1.54) is 11.6 Å². The second-order valence-electron chi connectivity index (χ2n) is 7.08. The first-order chi connectivity index (χ1) is 13.1. The number of piperazine rings is 1. The average Bonchev–Trinajstić information content (AvgIpc) is 3.08. The second-order valence-corrected chi connectivity index (χ2v) is 7.08. The van der Waals surface area contributed by atoms with Crippen LogP contribution in [0.5, 0.6) is 0 Å². The molecule has 0 bridgehead atoms. The second kappa shape index (κ2) is 7.38. The number of rotatable bonds is 2. The summed E-state index contributed by atoms with van der Waals surface area (Å²) in [6.45, 7) is 4.44. The van der Waals surface area contributed by atoms with Crippen molar-refractivity contribution in [2.45, 2.75) is 19.5 Å². The molecule has 1 atom stereocenters. The van der Waals surface area contributed by atoms with Crippen molar-refractivity contribution < 1.29 is 9.18 Å². The first-order valence-electron chi connectivity index (χ1n) is 9.16. The zero-order valence-corrected chi connectivity index (χ0v) is 15.3. The summed E-state index contributed by atoms with van der Waals surface area (Å²) < 4.78 is 13.9. The molecule has 2 aliphatic heterocycles. The van der Waals surface area contributed by atoms with Gasteiger partial charge >= 0.3 is 0 Å². The normalized spacial score (nSPS) is 19.3. The SMILES string of the molecule is Cc1cccc(C#CC2=CC3C(=O)N(Cc4ccccc4F)CCN3C2)c1. The summed E-state index contributed by atoms with van der Waals surface area (Å²) >= 11 is 0. The molecule has 0 aliphatic carbocycles. The van der Waals surface area contributed by atoms with E-state index in [0.29, 0.717) is 25.2 Å². The number of carbonyl (C=O) groups is 1. The predicted molar refractivity (Wildman–Crippen MR) is 103 cm³/mol. The van der Waals surface area contributed by atoms with Crippen LogP contribution in [0, 0.1) is 24.6 Å². The van der Waals surface area contributed by atoms with Crippen molar-refractivity contribution in [3.63, 3.8) is 0 Å². The smallest absolute Gasteiger partial charge is 0.244 e. The monoisotopic (exact) mass is 360 g/mol.